The Morgan fingerprint density at radius 1 is 0.586 bits per heavy atom. The number of carbonyl (C=O) groups excluding carboxylic acids is 3. The van der Waals surface area contributed by atoms with Gasteiger partial charge in [-0.25, -0.2) is 0 Å². The van der Waals surface area contributed by atoms with Crippen molar-refractivity contribution >= 4 is 129 Å². The number of ketones is 2. The minimum Gasteiger partial charge on any atom is -0.870 e. The largest absolute Gasteiger partial charge is 1.00 e. The zero-order valence-electron chi connectivity index (χ0n) is 54.0. The number of benzene rings is 7. The molecule has 10 aromatic rings. The van der Waals surface area contributed by atoms with Crippen molar-refractivity contribution in [1.82, 2.24) is 15.0 Å². The molecule has 0 aliphatic carbocycles. The van der Waals surface area contributed by atoms with E-state index >= 15 is 0 Å². The molecule has 0 spiro atoms. The number of rotatable bonds is 10. The summed E-state index contributed by atoms with van der Waals surface area (Å²) in [5.41, 5.74) is 15.0. The number of nitrogens with zero attached hydrogens (tertiary/aromatic N) is 6. The van der Waals surface area contributed by atoms with E-state index in [0.717, 1.165) is 67.6 Å². The molecule has 0 saturated carbocycles. The van der Waals surface area contributed by atoms with Crippen LogP contribution < -0.4 is 39.9 Å². The van der Waals surface area contributed by atoms with Gasteiger partial charge in [-0.1, -0.05) is 186 Å². The third-order valence-electron chi connectivity index (χ3n) is 10.6. The number of terminal acetylenes is 2. The molecule has 3 aromatic heterocycles. The van der Waals surface area contributed by atoms with Crippen LogP contribution in [0.3, 0.4) is 0 Å². The van der Waals surface area contributed by atoms with E-state index in [-0.39, 0.29) is 67.2 Å². The van der Waals surface area contributed by atoms with Crippen molar-refractivity contribution in [3.05, 3.63) is 311 Å². The molecule has 0 aliphatic rings. The summed E-state index contributed by atoms with van der Waals surface area (Å²) < 4.78 is 12.8. The maximum absolute atomic E-state index is 11.9. The average molecular weight is 1680 g/mol. The predicted octanol–water partition coefficient (Wildman–Crippen LogP) is 15.9. The molecule has 23 heteroatoms. The number of Topliss-reactive ketones (excluding diaryl/α,β-unsaturated/α-hetero) is 1. The second-order valence-corrected chi connectivity index (χ2v) is 22.4. The van der Waals surface area contributed by atoms with E-state index in [1.54, 1.807) is 101 Å². The molecule has 6 N–H and O–H groups in total. The number of nitrogens with two attached hydrogens (primary N) is 1. The molecule has 0 saturated heterocycles. The third-order valence-corrected chi connectivity index (χ3v) is 13.1. The maximum atomic E-state index is 11.9. The summed E-state index contributed by atoms with van der Waals surface area (Å²) in [5.74, 6) is 3.20. The summed E-state index contributed by atoms with van der Waals surface area (Å²) in [6.45, 7) is 7.08. The van der Waals surface area contributed by atoms with Gasteiger partial charge in [0.1, 0.15) is 17.9 Å². The van der Waals surface area contributed by atoms with Crippen LogP contribution in [0.25, 0.3) is 28.3 Å². The molecular weight excluding hydrogens is 1610 g/mol. The van der Waals surface area contributed by atoms with Crippen molar-refractivity contribution in [3.8, 4) is 65.3 Å². The first-order valence-corrected chi connectivity index (χ1v) is 32.4. The van der Waals surface area contributed by atoms with Crippen LogP contribution in [0.15, 0.2) is 276 Å². The summed E-state index contributed by atoms with van der Waals surface area (Å²) >= 11 is 21.9. The number of allylic oxidation sites excluding steroid dienone is 1. The minimum atomic E-state index is 0. The van der Waals surface area contributed by atoms with E-state index in [9.17, 15) is 14.4 Å². The van der Waals surface area contributed by atoms with Gasteiger partial charge in [0.15, 0.2) is 11.6 Å². The molecule has 7 aromatic carbocycles. The number of nitriles is 2. The molecular formula is C76H72BBr5ClN7NaO8. The van der Waals surface area contributed by atoms with Crippen molar-refractivity contribution in [2.45, 2.75) is 35.1 Å². The fraction of sp³-hybridized carbons (Fsp3) is 0.0921. The number of amidine groups is 1. The summed E-state index contributed by atoms with van der Waals surface area (Å²) in [7, 11) is 0.599. The standard InChI is InChI=1S/C15H10Br2O.C12H10ClN3.C12H8N2.C8H8O.C7H5BNO2.C7H4Br2O.C5H4BrN.C3H4.2C2H6O.C2H2.CH4.Na.H2O/c16-13-8-11(9-14(17)10-13)6-7-15(18)12-4-2-1-3-5-12;13-16-12(14)10-5-3-9(4-6-10)11-2-1-7-15-8-11;13-8-10-3-5-11(6-4-10)12-2-1-7-14-9-12;1-7(9)8-5-3-2-4-6-8;9-5-6-1-3-7(4-2-6)11-8-10;8-6-1-5(4-10)2-7(9)3-6;6-5-2-1-3-7-4-5;1-3-2;2*1-2-3;1-2;;;/h1-10H;1-8H,(H2,14,16);1-7,9H;2-6H,1H3;1-4,10H;1-4H;1-4H;1H,2H3;2*3H,2H2,1H3;1-2H;1H4;;1H2/q;;;;;;;;;;;;+1;/p-1/b7-6+;;;;;;;;;;;;;. The van der Waals surface area contributed by atoms with Crippen LogP contribution in [0.4, 0.5) is 0 Å². The van der Waals surface area contributed by atoms with Gasteiger partial charge in [0.25, 0.3) is 0 Å². The first-order valence-electron chi connectivity index (χ1n) is 28.1. The van der Waals surface area contributed by atoms with Gasteiger partial charge in [-0.2, -0.15) is 15.0 Å². The maximum Gasteiger partial charge on any atom is 1.00 e. The Balaban J connectivity index is -0.000000524. The summed E-state index contributed by atoms with van der Waals surface area (Å²) in [4.78, 5) is 44.7. The van der Waals surface area contributed by atoms with Gasteiger partial charge >= 0.3 is 37.2 Å². The van der Waals surface area contributed by atoms with Crippen molar-refractivity contribution < 1.29 is 69.3 Å². The Hall–Kier alpha value is -8.30. The number of pyridine rings is 3. The molecule has 3 heterocycles. The van der Waals surface area contributed by atoms with Crippen LogP contribution >= 0.6 is 91.4 Å². The number of hydrogen-bond acceptors (Lipinski definition) is 14. The Bertz CT molecular complexity index is 3950. The predicted molar refractivity (Wildman–Crippen MR) is 416 cm³/mol. The Morgan fingerprint density at radius 3 is 1.27 bits per heavy atom. The van der Waals surface area contributed by atoms with Crippen LogP contribution in [0, 0.1) is 47.9 Å². The van der Waals surface area contributed by atoms with Gasteiger partial charge in [-0.3, -0.25) is 29.3 Å². The number of aldehydes is 1. The van der Waals surface area contributed by atoms with Crippen molar-refractivity contribution in [1.29, 1.82) is 10.5 Å². The van der Waals surface area contributed by atoms with E-state index in [1.807, 2.05) is 188 Å². The van der Waals surface area contributed by atoms with Gasteiger partial charge in [0, 0.05) is 107 Å². The smallest absolute Gasteiger partial charge is 0.870 e. The van der Waals surface area contributed by atoms with E-state index < -0.39 is 0 Å². The van der Waals surface area contributed by atoms with Gasteiger partial charge in [-0.05, 0) is 175 Å². The zero-order chi connectivity index (χ0) is 71.7. The molecule has 0 amide bonds. The number of carbonyl (C=O) groups is 3. The van der Waals surface area contributed by atoms with Crippen molar-refractivity contribution in [2.24, 2.45) is 10.2 Å². The fourth-order valence-electron chi connectivity index (χ4n) is 6.56. The monoisotopic (exact) mass is 1670 g/mol. The van der Waals surface area contributed by atoms with Gasteiger partial charge < -0.3 is 31.1 Å². The Morgan fingerprint density at radius 2 is 0.960 bits per heavy atom. The van der Waals surface area contributed by atoms with E-state index in [1.165, 1.54) is 0 Å². The first kappa shape index (κ1) is 97.1. The topological polar surface area (TPSA) is 276 Å². The number of halogens is 6. The van der Waals surface area contributed by atoms with E-state index in [0.29, 0.717) is 41.5 Å². The third kappa shape index (κ3) is 46.6. The summed E-state index contributed by atoms with van der Waals surface area (Å²) in [6.07, 6.45) is 27.4. The molecule has 10 rings (SSSR count). The zero-order valence-corrected chi connectivity index (χ0v) is 64.7. The quantitative estimate of drug-likeness (QED) is 0.0189. The second kappa shape index (κ2) is 63.2. The molecule has 0 aliphatic heterocycles. The Kier molecular flexibility index (Phi) is 62.0. The summed E-state index contributed by atoms with van der Waals surface area (Å²) in [5, 5.41) is 40.4. The second-order valence-electron chi connectivity index (χ2n) is 17.7. The first-order chi connectivity index (χ1) is 46.4. The fourth-order valence-corrected chi connectivity index (χ4v) is 9.58. The van der Waals surface area contributed by atoms with Crippen LogP contribution in [0.5, 0.6) is 5.75 Å². The van der Waals surface area contributed by atoms with Crippen LogP contribution in [0.1, 0.15) is 88.4 Å². The minimum absolute atomic E-state index is 0. The molecule has 0 unspecified atom stereocenters. The van der Waals surface area contributed by atoms with Crippen LogP contribution in [0.2, 0.25) is 0 Å². The average Bonchev–Trinajstić information content (AvgIpc) is 0.892. The van der Waals surface area contributed by atoms with Crippen molar-refractivity contribution in [3.63, 3.8) is 0 Å². The molecule has 99 heavy (non-hydrogen) atoms. The van der Waals surface area contributed by atoms with E-state index in [2.05, 4.69) is 135 Å². The number of hydrogen-bond donors (Lipinski definition) is 4. The molecule has 0 fully saturated rings. The SMILES string of the molecule is Brc1cccnc1.C.C#C.C#CC.CC(=O)c1ccccc1.CCO.CCO.N#Cc1ccc(-c2cccnc2)cc1.N#Cc1ccc(O[B]O)cc1.NC(=NCl)c1ccc(-c2cccnc2)cc1.O=C(/C=C/c1cc(Br)cc(Br)c1)c1ccccc1.O=Cc1cc(Br)cc(Br)c1.[Na+].[OH-]. The molecule has 0 atom stereocenters. The van der Waals surface area contributed by atoms with E-state index in [4.69, 9.17) is 43.3 Å². The molecule has 0 bridgehead atoms. The number of aliphatic hydroxyl groups excluding tert-OH is 2. The van der Waals surface area contributed by atoms with Gasteiger partial charge in [0.2, 0.25) is 0 Å². The van der Waals surface area contributed by atoms with Crippen molar-refractivity contribution in [2.75, 3.05) is 13.2 Å². The molecule has 15 nitrogen and oxygen atoms in total. The van der Waals surface area contributed by atoms with Crippen LogP contribution in [-0.4, -0.2) is 80.3 Å². The normalized spacial score (nSPS) is 8.91. The molecule has 505 valence electrons. The van der Waals surface area contributed by atoms with Crippen LogP contribution in [-0.2, 0) is 0 Å². The molecule has 1 radical (unpaired) electrons. The Labute approximate surface area is 652 Å². The van der Waals surface area contributed by atoms with Gasteiger partial charge in [-0.15, -0.1) is 25.2 Å². The number of aromatic nitrogens is 3. The number of aliphatic hydroxyl groups is 2. The summed E-state index contributed by atoms with van der Waals surface area (Å²) in [6, 6.07) is 67.0. The van der Waals surface area contributed by atoms with Gasteiger partial charge in [0.05, 0.1) is 23.3 Å².